The van der Waals surface area contributed by atoms with Gasteiger partial charge in [-0.05, 0) is 0 Å². The molecule has 0 aromatic rings. The summed E-state index contributed by atoms with van der Waals surface area (Å²) in [6, 6.07) is 0. The second-order valence-corrected chi connectivity index (χ2v) is 1.05. The molecule has 0 aliphatic heterocycles. The molecule has 0 rings (SSSR count). The third-order valence-corrected chi connectivity index (χ3v) is 0.496. The van der Waals surface area contributed by atoms with Crippen molar-refractivity contribution in [3.05, 3.63) is 19.1 Å². The first kappa shape index (κ1) is 5.14. The molecule has 0 aromatic carbocycles. The van der Waals surface area contributed by atoms with Gasteiger partial charge in [0.2, 0.25) is 0 Å². The van der Waals surface area contributed by atoms with Crippen LogP contribution in [0.1, 0.15) is 0 Å². The van der Waals surface area contributed by atoms with Crippen LogP contribution in [0.3, 0.4) is 0 Å². The van der Waals surface area contributed by atoms with Gasteiger partial charge in [0.15, 0.2) is 0 Å². The topological polar surface area (TPSA) is 0 Å². The van der Waals surface area contributed by atoms with E-state index in [1.165, 1.54) is 0 Å². The number of rotatable bonds is 1. The average Bonchev–Trinajstić information content (AvgIpc) is 1.41. The van der Waals surface area contributed by atoms with Crippen LogP contribution in [0.4, 0.5) is 0 Å². The van der Waals surface area contributed by atoms with E-state index < -0.39 is 0 Å². The van der Waals surface area contributed by atoms with Gasteiger partial charge in [0.25, 0.3) is 0 Å². The van der Waals surface area contributed by atoms with Crippen LogP contribution in [-0.2, 0) is 18.7 Å². The average molecular weight is 160 g/mol. The Morgan fingerprint density at radius 3 is 2.20 bits per heavy atom. The summed E-state index contributed by atoms with van der Waals surface area (Å²) in [5.41, 5.74) is 0. The summed E-state index contributed by atoms with van der Waals surface area (Å²) in [4.78, 5) is 0. The van der Waals surface area contributed by atoms with Crippen molar-refractivity contribution in [2.75, 3.05) is 0 Å². The van der Waals surface area contributed by atoms with Gasteiger partial charge in [0, 0.05) is 0 Å². The van der Waals surface area contributed by atoms with Crippen molar-refractivity contribution in [3.63, 3.8) is 0 Å². The zero-order valence-corrected chi connectivity index (χ0v) is 4.31. The van der Waals surface area contributed by atoms with Gasteiger partial charge in [0.1, 0.15) is 0 Å². The standard InChI is InChI=1S/C4H5.Pd/c1-3-4-2;/h1,3-4H,2H2;/q-1;/b4-3-;. The normalized spacial score (nSPS) is 9.20. The van der Waals surface area contributed by atoms with Crippen LogP contribution >= 0.6 is 0 Å². The quantitative estimate of drug-likeness (QED) is 0.391. The molecule has 0 aromatic heterocycles. The summed E-state index contributed by atoms with van der Waals surface area (Å²) in [6.45, 7) is 3.44. The second kappa shape index (κ2) is 4.14. The zero-order valence-electron chi connectivity index (χ0n) is 2.76. The van der Waals surface area contributed by atoms with E-state index in [9.17, 15) is 0 Å². The Labute approximate surface area is 42.8 Å². The van der Waals surface area contributed by atoms with Crippen LogP contribution in [-0.4, -0.2) is 4.49 Å². The van der Waals surface area contributed by atoms with Crippen LogP contribution in [0.15, 0.2) is 12.2 Å². The molecule has 0 nitrogen and oxygen atoms in total. The molecule has 0 saturated carbocycles. The van der Waals surface area contributed by atoms with Crippen LogP contribution in [0.25, 0.3) is 0 Å². The molecule has 0 unspecified atom stereocenters. The van der Waals surface area contributed by atoms with Gasteiger partial charge in [-0.2, -0.15) is 0 Å². The van der Waals surface area contributed by atoms with Gasteiger partial charge in [-0.15, -0.1) is 0 Å². The summed E-state index contributed by atoms with van der Waals surface area (Å²) in [5.74, 6) is 0. The van der Waals surface area contributed by atoms with Crippen molar-refractivity contribution in [3.8, 4) is 0 Å². The Bertz CT molecular complexity index is 45.6. The molecule has 0 atom stereocenters. The van der Waals surface area contributed by atoms with Gasteiger partial charge in [-0.25, -0.2) is 0 Å². The van der Waals surface area contributed by atoms with Crippen LogP contribution < -0.4 is 0 Å². The van der Waals surface area contributed by atoms with Crippen molar-refractivity contribution in [1.29, 1.82) is 0 Å². The van der Waals surface area contributed by atoms with Crippen molar-refractivity contribution >= 4 is 4.49 Å². The second-order valence-electron chi connectivity index (χ2n) is 0.534. The van der Waals surface area contributed by atoms with E-state index in [0.29, 0.717) is 0 Å². The van der Waals surface area contributed by atoms with E-state index in [4.69, 9.17) is 0 Å². The summed E-state index contributed by atoms with van der Waals surface area (Å²) >= 11 is 2.84. The predicted molar refractivity (Wildman–Crippen MR) is 20.6 cm³/mol. The molecule has 0 amide bonds. The number of hydrogen-bond donors (Lipinski definition) is 0. The molecule has 0 N–H and O–H groups in total. The summed E-state index contributed by atoms with van der Waals surface area (Å²) in [6.07, 6.45) is 3.53. The molecule has 1 heteroatoms. The monoisotopic (exact) mass is 159 g/mol. The van der Waals surface area contributed by atoms with Crippen molar-refractivity contribution in [2.45, 2.75) is 0 Å². The molecule has 0 saturated heterocycles. The fourth-order valence-electron chi connectivity index (χ4n) is 0.0430. The summed E-state index contributed by atoms with van der Waals surface area (Å²) < 4.78 is 1.79. The number of allylic oxidation sites excluding steroid dienone is 2. The molecule has 0 radical (unpaired) electrons. The van der Waals surface area contributed by atoms with Gasteiger partial charge >= 0.3 is 42.3 Å². The molecule has 0 heterocycles. The summed E-state index contributed by atoms with van der Waals surface area (Å²) in [5, 5.41) is 0. The van der Waals surface area contributed by atoms with E-state index >= 15 is 0 Å². The molecule has 0 spiro atoms. The first-order chi connectivity index (χ1) is 2.41. The predicted octanol–water partition coefficient (Wildman–Crippen LogP) is 0.726. The first-order valence-electron chi connectivity index (χ1n) is 1.26. The van der Waals surface area contributed by atoms with Crippen molar-refractivity contribution < 1.29 is 18.7 Å². The third kappa shape index (κ3) is 4.14. The van der Waals surface area contributed by atoms with Gasteiger partial charge in [-0.3, -0.25) is 0 Å². The molecule has 0 bridgehead atoms. The van der Waals surface area contributed by atoms with Crippen LogP contribution in [0.2, 0.25) is 0 Å². The fraction of sp³-hybridized carbons (Fsp3) is 0. The summed E-state index contributed by atoms with van der Waals surface area (Å²) in [7, 11) is 0. The van der Waals surface area contributed by atoms with E-state index in [1.54, 1.807) is 10.6 Å². The molecule has 0 fully saturated rings. The SMILES string of the molecule is [CH2-]/C=C\[CH]=[Pd]. The minimum atomic E-state index is 1.71. The van der Waals surface area contributed by atoms with Crippen molar-refractivity contribution in [2.24, 2.45) is 0 Å². The van der Waals surface area contributed by atoms with Gasteiger partial charge in [-0.1, -0.05) is 0 Å². The molecular formula is C4H5Pd-. The van der Waals surface area contributed by atoms with Crippen LogP contribution in [0, 0.1) is 6.92 Å². The minimum absolute atomic E-state index is 1.71. The fourth-order valence-corrected chi connectivity index (χ4v) is 0.255. The third-order valence-electron chi connectivity index (χ3n) is 0.197. The molecular weight excluding hydrogens is 154 g/mol. The van der Waals surface area contributed by atoms with E-state index in [1.807, 2.05) is 6.08 Å². The Morgan fingerprint density at radius 2 is 2.20 bits per heavy atom. The van der Waals surface area contributed by atoms with Gasteiger partial charge in [0.05, 0.1) is 0 Å². The molecule has 5 heavy (non-hydrogen) atoms. The Hall–Kier alpha value is 0.142. The molecule has 32 valence electrons. The first-order valence-corrected chi connectivity index (χ1v) is 2.16. The molecule has 0 aliphatic carbocycles. The molecule has 0 aliphatic rings. The van der Waals surface area contributed by atoms with E-state index in [0.717, 1.165) is 0 Å². The maximum atomic E-state index is 3.44. The van der Waals surface area contributed by atoms with Gasteiger partial charge < -0.3 is 0 Å². The maximum absolute atomic E-state index is 3.44. The Morgan fingerprint density at radius 1 is 1.60 bits per heavy atom. The Kier molecular flexibility index (Phi) is 4.26. The van der Waals surface area contributed by atoms with Crippen LogP contribution in [0.5, 0.6) is 0 Å². The van der Waals surface area contributed by atoms with E-state index in [-0.39, 0.29) is 0 Å². The Balaban J connectivity index is 2.92. The van der Waals surface area contributed by atoms with E-state index in [2.05, 4.69) is 25.7 Å². The number of hydrogen-bond acceptors (Lipinski definition) is 0. The van der Waals surface area contributed by atoms with Crippen molar-refractivity contribution in [1.82, 2.24) is 0 Å². The zero-order chi connectivity index (χ0) is 4.12.